The molecule has 3 heteroatoms. The molecular formula is C21H22O3. The first kappa shape index (κ1) is 16.3. The van der Waals surface area contributed by atoms with Gasteiger partial charge in [-0.1, -0.05) is 38.1 Å². The number of fused-ring (bicyclic) bond motifs is 2. The molecular weight excluding hydrogens is 300 g/mol. The lowest BCUT2D eigenvalue weighted by Crippen LogP contribution is -2.10. The minimum atomic E-state index is -0.657. The second-order valence-electron chi connectivity index (χ2n) is 5.81. The smallest absolute Gasteiger partial charge is 0.434 e. The van der Waals surface area contributed by atoms with Crippen LogP contribution < -0.4 is 4.74 Å². The van der Waals surface area contributed by atoms with Crippen molar-refractivity contribution in [1.82, 2.24) is 0 Å². The van der Waals surface area contributed by atoms with E-state index in [4.69, 9.17) is 9.47 Å². The molecule has 0 aliphatic heterocycles. The van der Waals surface area contributed by atoms with Crippen molar-refractivity contribution in [3.05, 3.63) is 53.6 Å². The molecule has 124 valence electrons. The van der Waals surface area contributed by atoms with E-state index in [0.29, 0.717) is 12.4 Å². The molecule has 0 N–H and O–H groups in total. The zero-order valence-electron chi connectivity index (χ0n) is 14.4. The first-order valence-electron chi connectivity index (χ1n) is 8.49. The van der Waals surface area contributed by atoms with Crippen LogP contribution in [-0.2, 0) is 17.6 Å². The van der Waals surface area contributed by atoms with Crippen LogP contribution >= 0.6 is 0 Å². The number of aryl methyl sites for hydroxylation is 2. The van der Waals surface area contributed by atoms with Crippen LogP contribution in [0.5, 0.6) is 5.75 Å². The molecule has 0 aromatic heterocycles. The predicted molar refractivity (Wildman–Crippen MR) is 97.9 cm³/mol. The summed E-state index contributed by atoms with van der Waals surface area (Å²) < 4.78 is 10.6. The summed E-state index contributed by atoms with van der Waals surface area (Å²) in [5, 5.41) is 4.01. The van der Waals surface area contributed by atoms with Gasteiger partial charge in [0.15, 0.2) is 0 Å². The maximum Gasteiger partial charge on any atom is 0.513 e. The van der Waals surface area contributed by atoms with Gasteiger partial charge in [-0.3, -0.25) is 0 Å². The van der Waals surface area contributed by atoms with E-state index < -0.39 is 6.16 Å². The maximum absolute atomic E-state index is 12.0. The molecule has 0 saturated heterocycles. The van der Waals surface area contributed by atoms with Crippen LogP contribution in [0.25, 0.3) is 21.5 Å². The highest BCUT2D eigenvalue weighted by Crippen LogP contribution is 2.36. The molecule has 0 fully saturated rings. The van der Waals surface area contributed by atoms with Crippen molar-refractivity contribution in [3.63, 3.8) is 0 Å². The Morgan fingerprint density at radius 3 is 1.83 bits per heavy atom. The molecule has 0 amide bonds. The standard InChI is InChI=1S/C21H22O3/c1-4-14-7-9-16-13-17-10-8-15(5-2)12-19(17)20(18(16)11-14)24-21(22)23-6-3/h7-13H,4-6H2,1-3H3. The summed E-state index contributed by atoms with van der Waals surface area (Å²) in [5.41, 5.74) is 2.42. The largest absolute Gasteiger partial charge is 0.513 e. The van der Waals surface area contributed by atoms with Gasteiger partial charge in [-0.25, -0.2) is 4.79 Å². The lowest BCUT2D eigenvalue weighted by molar-refractivity contribution is 0.105. The second kappa shape index (κ2) is 6.91. The van der Waals surface area contributed by atoms with E-state index in [1.54, 1.807) is 6.92 Å². The Morgan fingerprint density at radius 1 is 0.833 bits per heavy atom. The number of carbonyl (C=O) groups excluding carboxylic acids is 1. The number of carbonyl (C=O) groups is 1. The molecule has 3 aromatic carbocycles. The van der Waals surface area contributed by atoms with Crippen LogP contribution in [0.3, 0.4) is 0 Å². The van der Waals surface area contributed by atoms with Crippen molar-refractivity contribution < 1.29 is 14.3 Å². The Balaban J connectivity index is 2.29. The Morgan fingerprint density at radius 2 is 1.38 bits per heavy atom. The molecule has 3 nitrogen and oxygen atoms in total. The highest BCUT2D eigenvalue weighted by Gasteiger charge is 2.14. The van der Waals surface area contributed by atoms with Gasteiger partial charge in [0.2, 0.25) is 0 Å². The molecule has 3 aromatic rings. The monoisotopic (exact) mass is 322 g/mol. The molecule has 0 unspecified atom stereocenters. The molecule has 0 aliphatic rings. The van der Waals surface area contributed by atoms with Crippen LogP contribution in [0.15, 0.2) is 42.5 Å². The van der Waals surface area contributed by atoms with Crippen molar-refractivity contribution in [3.8, 4) is 5.75 Å². The van der Waals surface area contributed by atoms with Crippen molar-refractivity contribution >= 4 is 27.7 Å². The topological polar surface area (TPSA) is 35.5 Å². The summed E-state index contributed by atoms with van der Waals surface area (Å²) in [6, 6.07) is 14.7. The number of benzene rings is 3. The van der Waals surface area contributed by atoms with Gasteiger partial charge in [-0.2, -0.15) is 0 Å². The fourth-order valence-electron chi connectivity index (χ4n) is 2.94. The SMILES string of the molecule is CCOC(=O)Oc1c2cc(CC)ccc2cc2ccc(CC)cc12. The second-order valence-corrected chi connectivity index (χ2v) is 5.81. The normalized spacial score (nSPS) is 11.0. The summed E-state index contributed by atoms with van der Waals surface area (Å²) in [4.78, 5) is 12.0. The Bertz CT molecular complexity index is 834. The van der Waals surface area contributed by atoms with E-state index in [1.165, 1.54) is 11.1 Å². The number of hydrogen-bond donors (Lipinski definition) is 0. The van der Waals surface area contributed by atoms with Gasteiger partial charge < -0.3 is 9.47 Å². The maximum atomic E-state index is 12.0. The van der Waals surface area contributed by atoms with Gasteiger partial charge in [0.25, 0.3) is 0 Å². The Kier molecular flexibility index (Phi) is 4.70. The minimum Gasteiger partial charge on any atom is -0.434 e. The molecule has 0 bridgehead atoms. The Hall–Kier alpha value is -2.55. The third kappa shape index (κ3) is 3.07. The van der Waals surface area contributed by atoms with Crippen LogP contribution in [0.4, 0.5) is 4.79 Å². The first-order valence-corrected chi connectivity index (χ1v) is 8.49. The zero-order valence-corrected chi connectivity index (χ0v) is 14.4. The average molecular weight is 322 g/mol. The predicted octanol–water partition coefficient (Wildman–Crippen LogP) is 5.65. The lowest BCUT2D eigenvalue weighted by atomic mass is 9.98. The van der Waals surface area contributed by atoms with Crippen LogP contribution in [0, 0.1) is 0 Å². The average Bonchev–Trinajstić information content (AvgIpc) is 2.61. The van der Waals surface area contributed by atoms with Crippen molar-refractivity contribution in [1.29, 1.82) is 0 Å². The van der Waals surface area contributed by atoms with Gasteiger partial charge in [0.1, 0.15) is 5.75 Å². The fourth-order valence-corrected chi connectivity index (χ4v) is 2.94. The van der Waals surface area contributed by atoms with Crippen LogP contribution in [0.2, 0.25) is 0 Å². The zero-order chi connectivity index (χ0) is 17.1. The van der Waals surface area contributed by atoms with Crippen molar-refractivity contribution in [2.75, 3.05) is 6.61 Å². The molecule has 24 heavy (non-hydrogen) atoms. The van der Waals surface area contributed by atoms with Crippen LogP contribution in [-0.4, -0.2) is 12.8 Å². The quantitative estimate of drug-likeness (QED) is 0.353. The first-order chi connectivity index (χ1) is 11.7. The highest BCUT2D eigenvalue weighted by molar-refractivity contribution is 6.06. The van der Waals surface area contributed by atoms with Crippen molar-refractivity contribution in [2.24, 2.45) is 0 Å². The number of hydrogen-bond acceptors (Lipinski definition) is 3. The number of rotatable bonds is 4. The molecule has 0 radical (unpaired) electrons. The summed E-state index contributed by atoms with van der Waals surface area (Å²) in [7, 11) is 0. The third-order valence-electron chi connectivity index (χ3n) is 4.30. The molecule has 0 heterocycles. The Labute approximate surface area is 142 Å². The third-order valence-corrected chi connectivity index (χ3v) is 4.30. The minimum absolute atomic E-state index is 0.294. The summed E-state index contributed by atoms with van der Waals surface area (Å²) in [6.45, 7) is 6.29. The van der Waals surface area contributed by atoms with Gasteiger partial charge in [-0.15, -0.1) is 0 Å². The molecule has 3 rings (SSSR count). The van der Waals surface area contributed by atoms with E-state index in [9.17, 15) is 4.79 Å². The van der Waals surface area contributed by atoms with E-state index in [0.717, 1.165) is 34.4 Å². The van der Waals surface area contributed by atoms with Crippen LogP contribution in [0.1, 0.15) is 31.9 Å². The molecule has 0 saturated carbocycles. The molecule has 0 aliphatic carbocycles. The summed E-state index contributed by atoms with van der Waals surface area (Å²) >= 11 is 0. The fraction of sp³-hybridized carbons (Fsp3) is 0.286. The van der Waals surface area contributed by atoms with Gasteiger partial charge in [0, 0.05) is 10.8 Å². The summed E-state index contributed by atoms with van der Waals surface area (Å²) in [5.74, 6) is 0.589. The summed E-state index contributed by atoms with van der Waals surface area (Å²) in [6.07, 6.45) is 1.21. The van der Waals surface area contributed by atoms with Crippen molar-refractivity contribution in [2.45, 2.75) is 33.6 Å². The van der Waals surface area contributed by atoms with Gasteiger partial charge >= 0.3 is 6.16 Å². The van der Waals surface area contributed by atoms with E-state index in [-0.39, 0.29) is 0 Å². The lowest BCUT2D eigenvalue weighted by Gasteiger charge is -2.13. The molecule has 0 spiro atoms. The highest BCUT2D eigenvalue weighted by atomic mass is 16.7. The van der Waals surface area contributed by atoms with E-state index >= 15 is 0 Å². The van der Waals surface area contributed by atoms with Gasteiger partial charge in [0.05, 0.1) is 6.61 Å². The van der Waals surface area contributed by atoms with Gasteiger partial charge in [-0.05, 0) is 59.9 Å². The number of ether oxygens (including phenoxy) is 2. The van der Waals surface area contributed by atoms with E-state index in [1.807, 2.05) is 0 Å². The van der Waals surface area contributed by atoms with E-state index in [2.05, 4.69) is 56.3 Å². The molecule has 0 atom stereocenters.